The van der Waals surface area contributed by atoms with Crippen molar-refractivity contribution >= 4 is 31.9 Å². The maximum Gasteiger partial charge on any atom is 0.135 e. The SMILES string of the molecule is Brc1ccc(-c2ccc(CNC3C4CC5CC(C4)CC3C5)o2)c(Br)c1. The molecule has 0 unspecified atom stereocenters. The number of rotatable bonds is 4. The summed E-state index contributed by atoms with van der Waals surface area (Å²) in [5.41, 5.74) is 1.10. The molecule has 4 aliphatic carbocycles. The van der Waals surface area contributed by atoms with Crippen molar-refractivity contribution in [1.82, 2.24) is 5.32 Å². The van der Waals surface area contributed by atoms with Gasteiger partial charge in [-0.3, -0.25) is 0 Å². The van der Waals surface area contributed by atoms with E-state index in [2.05, 4.69) is 67.5 Å². The molecule has 0 atom stereocenters. The lowest BCUT2D eigenvalue weighted by molar-refractivity contribution is -0.0147. The molecule has 4 bridgehead atoms. The minimum atomic E-state index is 0.709. The Morgan fingerprint density at radius 3 is 2.32 bits per heavy atom. The number of hydrogen-bond acceptors (Lipinski definition) is 2. The molecule has 132 valence electrons. The monoisotopic (exact) mass is 463 g/mol. The van der Waals surface area contributed by atoms with Gasteiger partial charge in [-0.05, 0) is 102 Å². The van der Waals surface area contributed by atoms with Gasteiger partial charge >= 0.3 is 0 Å². The van der Waals surface area contributed by atoms with Crippen LogP contribution in [0.3, 0.4) is 0 Å². The van der Waals surface area contributed by atoms with Crippen LogP contribution >= 0.6 is 31.9 Å². The van der Waals surface area contributed by atoms with Crippen molar-refractivity contribution in [2.24, 2.45) is 23.7 Å². The van der Waals surface area contributed by atoms with E-state index < -0.39 is 0 Å². The fourth-order valence-corrected chi connectivity index (χ4v) is 7.03. The van der Waals surface area contributed by atoms with Crippen LogP contribution in [0.25, 0.3) is 11.3 Å². The van der Waals surface area contributed by atoms with Crippen LogP contribution < -0.4 is 5.32 Å². The normalized spacial score (nSPS) is 33.1. The van der Waals surface area contributed by atoms with Gasteiger partial charge in [0.05, 0.1) is 6.54 Å². The molecule has 4 heteroatoms. The lowest BCUT2D eigenvalue weighted by Crippen LogP contribution is -2.54. The van der Waals surface area contributed by atoms with Crippen molar-refractivity contribution in [3.05, 3.63) is 45.0 Å². The number of hydrogen-bond donors (Lipinski definition) is 1. The summed E-state index contributed by atoms with van der Waals surface area (Å²) in [6.07, 6.45) is 7.35. The first kappa shape index (κ1) is 16.6. The lowest BCUT2D eigenvalue weighted by atomic mass is 9.54. The summed E-state index contributed by atoms with van der Waals surface area (Å²) in [4.78, 5) is 0. The molecule has 1 aromatic carbocycles. The highest BCUT2D eigenvalue weighted by Crippen LogP contribution is 2.53. The molecule has 1 aromatic heterocycles. The molecule has 4 fully saturated rings. The third-order valence-corrected chi connectivity index (χ3v) is 7.75. The Hall–Kier alpha value is -0.580. The highest BCUT2D eigenvalue weighted by molar-refractivity contribution is 9.11. The second-order valence-corrected chi connectivity index (χ2v) is 10.00. The second-order valence-electron chi connectivity index (χ2n) is 8.23. The first-order chi connectivity index (χ1) is 12.2. The Bertz CT molecular complexity index is 756. The van der Waals surface area contributed by atoms with E-state index in [9.17, 15) is 0 Å². The average Bonchev–Trinajstić information content (AvgIpc) is 3.02. The fourth-order valence-electron chi connectivity index (χ4n) is 5.78. The summed E-state index contributed by atoms with van der Waals surface area (Å²) in [5.74, 6) is 5.86. The Balaban J connectivity index is 1.27. The first-order valence-electron chi connectivity index (χ1n) is 9.43. The topological polar surface area (TPSA) is 25.2 Å². The minimum Gasteiger partial charge on any atom is -0.460 e. The van der Waals surface area contributed by atoms with Crippen molar-refractivity contribution in [3.8, 4) is 11.3 Å². The van der Waals surface area contributed by atoms with Gasteiger partial charge in [0, 0.05) is 20.6 Å². The van der Waals surface area contributed by atoms with Crippen LogP contribution in [0, 0.1) is 23.7 Å². The molecule has 1 N–H and O–H groups in total. The van der Waals surface area contributed by atoms with Crippen molar-refractivity contribution in [3.63, 3.8) is 0 Å². The smallest absolute Gasteiger partial charge is 0.135 e. The largest absolute Gasteiger partial charge is 0.460 e. The van der Waals surface area contributed by atoms with Crippen molar-refractivity contribution in [2.45, 2.75) is 44.7 Å². The summed E-state index contributed by atoms with van der Waals surface area (Å²) in [6, 6.07) is 11.1. The maximum absolute atomic E-state index is 6.13. The highest BCUT2D eigenvalue weighted by Gasteiger charge is 2.47. The molecule has 0 saturated heterocycles. The molecule has 4 aliphatic rings. The van der Waals surface area contributed by atoms with Gasteiger partial charge in [-0.1, -0.05) is 15.9 Å². The number of benzene rings is 1. The van der Waals surface area contributed by atoms with Gasteiger partial charge in [-0.25, -0.2) is 0 Å². The van der Waals surface area contributed by atoms with Gasteiger partial charge in [0.25, 0.3) is 0 Å². The average molecular weight is 465 g/mol. The predicted octanol–water partition coefficient (Wildman–Crippen LogP) is 6.39. The molecule has 1 heterocycles. The maximum atomic E-state index is 6.13. The molecule has 0 spiro atoms. The zero-order chi connectivity index (χ0) is 17.0. The van der Waals surface area contributed by atoms with Crippen molar-refractivity contribution in [1.29, 1.82) is 0 Å². The van der Waals surface area contributed by atoms with E-state index in [-0.39, 0.29) is 0 Å². The van der Waals surface area contributed by atoms with Crippen LogP contribution in [0.2, 0.25) is 0 Å². The predicted molar refractivity (Wildman–Crippen MR) is 107 cm³/mol. The molecule has 2 aromatic rings. The van der Waals surface area contributed by atoms with E-state index in [1.807, 2.05) is 0 Å². The van der Waals surface area contributed by atoms with Crippen LogP contribution in [-0.2, 0) is 6.54 Å². The lowest BCUT2D eigenvalue weighted by Gasteiger charge is -2.54. The van der Waals surface area contributed by atoms with E-state index in [1.165, 1.54) is 32.1 Å². The molecule has 25 heavy (non-hydrogen) atoms. The molecule has 6 rings (SSSR count). The van der Waals surface area contributed by atoms with E-state index in [4.69, 9.17) is 4.42 Å². The summed E-state index contributed by atoms with van der Waals surface area (Å²) >= 11 is 7.13. The third-order valence-electron chi connectivity index (χ3n) is 6.60. The van der Waals surface area contributed by atoms with Crippen LogP contribution in [0.15, 0.2) is 43.7 Å². The summed E-state index contributed by atoms with van der Waals surface area (Å²) in [6.45, 7) is 0.848. The van der Waals surface area contributed by atoms with Gasteiger partial charge in [-0.2, -0.15) is 0 Å². The summed E-state index contributed by atoms with van der Waals surface area (Å²) < 4.78 is 8.25. The summed E-state index contributed by atoms with van der Waals surface area (Å²) in [7, 11) is 0. The second kappa shape index (κ2) is 6.54. The zero-order valence-corrected chi connectivity index (χ0v) is 17.4. The number of nitrogens with one attached hydrogen (secondary N) is 1. The van der Waals surface area contributed by atoms with Crippen molar-refractivity contribution in [2.75, 3.05) is 0 Å². The van der Waals surface area contributed by atoms with Crippen LogP contribution in [0.5, 0.6) is 0 Å². The first-order valence-corrected chi connectivity index (χ1v) is 11.0. The highest BCUT2D eigenvalue weighted by atomic mass is 79.9. The molecular formula is C21H23Br2NO. The molecule has 0 amide bonds. The Morgan fingerprint density at radius 1 is 0.920 bits per heavy atom. The number of furan rings is 1. The van der Waals surface area contributed by atoms with Crippen LogP contribution in [0.4, 0.5) is 0 Å². The molecule has 2 nitrogen and oxygen atoms in total. The van der Waals surface area contributed by atoms with Gasteiger partial charge in [0.15, 0.2) is 0 Å². The standard InChI is InChI=1S/C21H23Br2NO/c22-16-1-3-18(19(23)10-16)20-4-2-17(25-20)11-24-21-14-6-12-5-13(8-14)9-15(21)7-12/h1-4,10,12-15,21,24H,5-9,11H2. The van der Waals surface area contributed by atoms with Gasteiger partial charge in [0.1, 0.15) is 11.5 Å². The molecule has 0 aliphatic heterocycles. The van der Waals surface area contributed by atoms with Crippen LogP contribution in [0.1, 0.15) is 37.9 Å². The van der Waals surface area contributed by atoms with Gasteiger partial charge < -0.3 is 9.73 Å². The third kappa shape index (κ3) is 3.15. The van der Waals surface area contributed by atoms with E-state index in [0.717, 1.165) is 56.2 Å². The Morgan fingerprint density at radius 2 is 1.64 bits per heavy atom. The van der Waals surface area contributed by atoms with E-state index in [0.29, 0.717) is 6.04 Å². The van der Waals surface area contributed by atoms with Crippen LogP contribution in [-0.4, -0.2) is 6.04 Å². The molecule has 0 radical (unpaired) electrons. The quantitative estimate of drug-likeness (QED) is 0.567. The number of halogens is 2. The van der Waals surface area contributed by atoms with Gasteiger partial charge in [-0.15, -0.1) is 0 Å². The summed E-state index contributed by atoms with van der Waals surface area (Å²) in [5, 5.41) is 3.86. The zero-order valence-electron chi connectivity index (χ0n) is 14.2. The molecular weight excluding hydrogens is 442 g/mol. The Labute approximate surface area is 166 Å². The Kier molecular flexibility index (Phi) is 4.34. The van der Waals surface area contributed by atoms with Gasteiger partial charge in [0.2, 0.25) is 0 Å². The molecule has 4 saturated carbocycles. The minimum absolute atomic E-state index is 0.709. The fraction of sp³-hybridized carbons (Fsp3) is 0.524. The van der Waals surface area contributed by atoms with E-state index >= 15 is 0 Å². The van der Waals surface area contributed by atoms with Crippen molar-refractivity contribution < 1.29 is 4.42 Å². The van der Waals surface area contributed by atoms with E-state index in [1.54, 1.807) is 0 Å².